The van der Waals surface area contributed by atoms with Crippen molar-refractivity contribution < 1.29 is 9.53 Å². The van der Waals surface area contributed by atoms with Crippen LogP contribution in [0, 0.1) is 0 Å². The normalized spacial score (nSPS) is 11.4. The van der Waals surface area contributed by atoms with Crippen LogP contribution in [0.2, 0.25) is 5.02 Å². The SMILES string of the molecule is CCC(C)(C)OCCCC(=O)Nc1ccc(N)cc1Cl. The van der Waals surface area contributed by atoms with E-state index in [1.165, 1.54) is 0 Å². The maximum atomic E-state index is 11.8. The Labute approximate surface area is 125 Å². The minimum Gasteiger partial charge on any atom is -0.399 e. The summed E-state index contributed by atoms with van der Waals surface area (Å²) >= 11 is 5.99. The van der Waals surface area contributed by atoms with Gasteiger partial charge in [0.1, 0.15) is 0 Å². The smallest absolute Gasteiger partial charge is 0.224 e. The lowest BCUT2D eigenvalue weighted by atomic mass is 10.1. The molecule has 1 rings (SSSR count). The quantitative estimate of drug-likeness (QED) is 0.593. The Morgan fingerprint density at radius 3 is 2.75 bits per heavy atom. The third-order valence-electron chi connectivity index (χ3n) is 3.16. The maximum absolute atomic E-state index is 11.8. The van der Waals surface area contributed by atoms with Crippen molar-refractivity contribution in [1.82, 2.24) is 0 Å². The van der Waals surface area contributed by atoms with Crippen molar-refractivity contribution in [2.75, 3.05) is 17.7 Å². The predicted molar refractivity (Wildman–Crippen MR) is 84.1 cm³/mol. The van der Waals surface area contributed by atoms with E-state index in [4.69, 9.17) is 22.1 Å². The molecule has 0 spiro atoms. The lowest BCUT2D eigenvalue weighted by molar-refractivity contribution is -0.117. The van der Waals surface area contributed by atoms with Crippen LogP contribution in [-0.2, 0) is 9.53 Å². The minimum absolute atomic E-state index is 0.0745. The zero-order valence-corrected chi connectivity index (χ0v) is 13.1. The summed E-state index contributed by atoms with van der Waals surface area (Å²) in [7, 11) is 0. The van der Waals surface area contributed by atoms with E-state index in [2.05, 4.69) is 12.2 Å². The van der Waals surface area contributed by atoms with Gasteiger partial charge in [-0.15, -0.1) is 0 Å². The summed E-state index contributed by atoms with van der Waals surface area (Å²) in [6.07, 6.45) is 2.03. The van der Waals surface area contributed by atoms with Gasteiger partial charge in [-0.25, -0.2) is 0 Å². The Bertz CT molecular complexity index is 461. The lowest BCUT2D eigenvalue weighted by Gasteiger charge is -2.23. The molecule has 0 atom stereocenters. The highest BCUT2D eigenvalue weighted by Crippen LogP contribution is 2.24. The molecule has 1 aromatic carbocycles. The summed E-state index contributed by atoms with van der Waals surface area (Å²) in [5.74, 6) is -0.0745. The molecule has 0 unspecified atom stereocenters. The summed E-state index contributed by atoms with van der Waals surface area (Å²) in [5.41, 5.74) is 6.62. The zero-order valence-electron chi connectivity index (χ0n) is 12.3. The third kappa shape index (κ3) is 5.80. The molecule has 112 valence electrons. The number of ether oxygens (including phenoxy) is 1. The number of hydrogen-bond donors (Lipinski definition) is 2. The van der Waals surface area contributed by atoms with Crippen LogP contribution < -0.4 is 11.1 Å². The Kier molecular flexibility index (Phi) is 6.30. The molecule has 1 amide bonds. The van der Waals surface area contributed by atoms with Gasteiger partial charge in [0, 0.05) is 18.7 Å². The summed E-state index contributed by atoms with van der Waals surface area (Å²) < 4.78 is 5.70. The number of carbonyl (C=O) groups is 1. The molecule has 0 aliphatic carbocycles. The molecule has 0 aromatic heterocycles. The molecule has 0 aliphatic rings. The predicted octanol–water partition coefficient (Wildman–Crippen LogP) is 3.85. The van der Waals surface area contributed by atoms with E-state index in [-0.39, 0.29) is 11.5 Å². The van der Waals surface area contributed by atoms with Crippen molar-refractivity contribution in [1.29, 1.82) is 0 Å². The molecule has 5 heteroatoms. The van der Waals surface area contributed by atoms with Crippen molar-refractivity contribution in [2.24, 2.45) is 0 Å². The number of amides is 1. The van der Waals surface area contributed by atoms with Gasteiger partial charge in [0.25, 0.3) is 0 Å². The highest BCUT2D eigenvalue weighted by Gasteiger charge is 2.15. The number of nitrogens with two attached hydrogens (primary N) is 1. The first-order valence-electron chi connectivity index (χ1n) is 6.83. The standard InChI is InChI=1S/C15H23ClN2O2/c1-4-15(2,3)20-9-5-6-14(19)18-13-8-7-11(17)10-12(13)16/h7-8,10H,4-6,9,17H2,1-3H3,(H,18,19). The molecule has 3 N–H and O–H groups in total. The number of nitrogen functional groups attached to an aromatic ring is 1. The van der Waals surface area contributed by atoms with Crippen LogP contribution in [0.5, 0.6) is 0 Å². The molecular formula is C15H23ClN2O2. The fourth-order valence-corrected chi connectivity index (χ4v) is 1.76. The molecule has 1 aromatic rings. The van der Waals surface area contributed by atoms with Gasteiger partial charge in [0.15, 0.2) is 0 Å². The largest absolute Gasteiger partial charge is 0.399 e. The molecule has 0 fully saturated rings. The summed E-state index contributed by atoms with van der Waals surface area (Å²) in [6.45, 7) is 6.74. The Morgan fingerprint density at radius 1 is 1.45 bits per heavy atom. The van der Waals surface area contributed by atoms with Crippen LogP contribution in [-0.4, -0.2) is 18.1 Å². The first-order valence-corrected chi connectivity index (χ1v) is 7.20. The van der Waals surface area contributed by atoms with Gasteiger partial charge in [-0.05, 0) is 44.9 Å². The summed E-state index contributed by atoms with van der Waals surface area (Å²) in [4.78, 5) is 11.8. The number of halogens is 1. The molecule has 0 saturated carbocycles. The van der Waals surface area contributed by atoms with E-state index < -0.39 is 0 Å². The average molecular weight is 299 g/mol. The highest BCUT2D eigenvalue weighted by atomic mass is 35.5. The number of benzene rings is 1. The van der Waals surface area contributed by atoms with Crippen LogP contribution in [0.1, 0.15) is 40.0 Å². The highest BCUT2D eigenvalue weighted by molar-refractivity contribution is 6.34. The van der Waals surface area contributed by atoms with Crippen molar-refractivity contribution in [3.05, 3.63) is 23.2 Å². The third-order valence-corrected chi connectivity index (χ3v) is 3.47. The molecular weight excluding hydrogens is 276 g/mol. The van der Waals surface area contributed by atoms with Crippen LogP contribution >= 0.6 is 11.6 Å². The van der Waals surface area contributed by atoms with Gasteiger partial charge < -0.3 is 15.8 Å². The summed E-state index contributed by atoms with van der Waals surface area (Å²) in [6, 6.07) is 5.02. The van der Waals surface area contributed by atoms with Gasteiger partial charge in [0.05, 0.1) is 16.3 Å². The molecule has 0 aliphatic heterocycles. The van der Waals surface area contributed by atoms with Crippen LogP contribution in [0.15, 0.2) is 18.2 Å². The van der Waals surface area contributed by atoms with E-state index in [9.17, 15) is 4.79 Å². The maximum Gasteiger partial charge on any atom is 0.224 e. The first kappa shape index (κ1) is 16.8. The van der Waals surface area contributed by atoms with Crippen LogP contribution in [0.25, 0.3) is 0 Å². The second kappa shape index (κ2) is 7.50. The average Bonchev–Trinajstić information content (AvgIpc) is 2.38. The molecule has 4 nitrogen and oxygen atoms in total. The van der Waals surface area contributed by atoms with Gasteiger partial charge in [-0.1, -0.05) is 18.5 Å². The fourth-order valence-electron chi connectivity index (χ4n) is 1.53. The van der Waals surface area contributed by atoms with Crippen LogP contribution in [0.4, 0.5) is 11.4 Å². The fraction of sp³-hybridized carbons (Fsp3) is 0.533. The van der Waals surface area contributed by atoms with Gasteiger partial charge in [-0.3, -0.25) is 4.79 Å². The van der Waals surface area contributed by atoms with Crippen LogP contribution in [0.3, 0.4) is 0 Å². The molecule has 0 heterocycles. The number of nitrogens with one attached hydrogen (secondary N) is 1. The number of rotatable bonds is 7. The monoisotopic (exact) mass is 298 g/mol. The zero-order chi connectivity index (χ0) is 15.2. The lowest BCUT2D eigenvalue weighted by Crippen LogP contribution is -2.24. The molecule has 0 bridgehead atoms. The second-order valence-electron chi connectivity index (χ2n) is 5.35. The Hall–Kier alpha value is -1.26. The Balaban J connectivity index is 2.34. The van der Waals surface area contributed by atoms with Crippen molar-refractivity contribution in [3.63, 3.8) is 0 Å². The Morgan fingerprint density at radius 2 is 2.15 bits per heavy atom. The second-order valence-corrected chi connectivity index (χ2v) is 5.76. The van der Waals surface area contributed by atoms with E-state index >= 15 is 0 Å². The molecule has 0 radical (unpaired) electrons. The van der Waals surface area contributed by atoms with E-state index in [1.807, 2.05) is 13.8 Å². The van der Waals surface area contributed by atoms with Gasteiger partial charge in [-0.2, -0.15) is 0 Å². The molecule has 20 heavy (non-hydrogen) atoms. The minimum atomic E-state index is -0.128. The number of carbonyl (C=O) groups excluding carboxylic acids is 1. The van der Waals surface area contributed by atoms with Crippen molar-refractivity contribution >= 4 is 28.9 Å². The molecule has 0 saturated heterocycles. The van der Waals surface area contributed by atoms with Crippen molar-refractivity contribution in [3.8, 4) is 0 Å². The number of hydrogen-bond acceptors (Lipinski definition) is 3. The van der Waals surface area contributed by atoms with E-state index in [1.54, 1.807) is 18.2 Å². The van der Waals surface area contributed by atoms with Gasteiger partial charge in [0.2, 0.25) is 5.91 Å². The van der Waals surface area contributed by atoms with E-state index in [0.717, 1.165) is 6.42 Å². The number of anilines is 2. The van der Waals surface area contributed by atoms with E-state index in [0.29, 0.717) is 35.8 Å². The topological polar surface area (TPSA) is 64.3 Å². The first-order chi connectivity index (χ1) is 9.34. The summed E-state index contributed by atoms with van der Waals surface area (Å²) in [5, 5.41) is 3.21. The van der Waals surface area contributed by atoms with Crippen molar-refractivity contribution in [2.45, 2.75) is 45.6 Å². The van der Waals surface area contributed by atoms with Gasteiger partial charge >= 0.3 is 0 Å².